The Morgan fingerprint density at radius 2 is 2.33 bits per heavy atom. The third-order valence-corrected chi connectivity index (χ3v) is 1.50. The minimum atomic E-state index is -0.476. The number of aromatic nitrogens is 3. The topological polar surface area (TPSA) is 73.3 Å². The second-order valence-corrected chi connectivity index (χ2v) is 2.20. The summed E-state index contributed by atoms with van der Waals surface area (Å²) in [6.07, 6.45) is 1.31. The SMILES string of the molecule is O=[N+]([O-])c1cccc2nncn12. The second kappa shape index (κ2) is 2.26. The summed E-state index contributed by atoms with van der Waals surface area (Å²) in [5.74, 6) is -0.0301. The van der Waals surface area contributed by atoms with Gasteiger partial charge in [-0.05, 0) is 11.0 Å². The van der Waals surface area contributed by atoms with Crippen LogP contribution in [0.15, 0.2) is 24.5 Å². The first kappa shape index (κ1) is 6.71. The van der Waals surface area contributed by atoms with E-state index in [1.54, 1.807) is 12.1 Å². The lowest BCUT2D eigenvalue weighted by Crippen LogP contribution is -1.95. The zero-order chi connectivity index (χ0) is 8.55. The van der Waals surface area contributed by atoms with Gasteiger partial charge in [0.2, 0.25) is 12.0 Å². The van der Waals surface area contributed by atoms with Crippen molar-refractivity contribution in [3.63, 3.8) is 0 Å². The minimum absolute atomic E-state index is 0.0301. The van der Waals surface area contributed by atoms with Crippen molar-refractivity contribution in [2.75, 3.05) is 0 Å². The van der Waals surface area contributed by atoms with E-state index in [1.165, 1.54) is 16.8 Å². The largest absolute Gasteiger partial charge is 0.358 e. The van der Waals surface area contributed by atoms with Crippen molar-refractivity contribution < 1.29 is 4.92 Å². The molecule has 0 atom stereocenters. The van der Waals surface area contributed by atoms with E-state index in [2.05, 4.69) is 10.2 Å². The highest BCUT2D eigenvalue weighted by molar-refractivity contribution is 5.42. The van der Waals surface area contributed by atoms with Crippen LogP contribution in [0.3, 0.4) is 0 Å². The quantitative estimate of drug-likeness (QED) is 0.457. The van der Waals surface area contributed by atoms with Crippen molar-refractivity contribution in [1.29, 1.82) is 0 Å². The third kappa shape index (κ3) is 0.815. The molecule has 6 heteroatoms. The maximum atomic E-state index is 10.4. The molecule has 0 unspecified atom stereocenters. The molecule has 0 aliphatic rings. The highest BCUT2D eigenvalue weighted by Gasteiger charge is 2.10. The lowest BCUT2D eigenvalue weighted by molar-refractivity contribution is -0.390. The number of fused-ring (bicyclic) bond motifs is 1. The molecular weight excluding hydrogens is 160 g/mol. The predicted molar refractivity (Wildman–Crippen MR) is 39.6 cm³/mol. The summed E-state index contributed by atoms with van der Waals surface area (Å²) in [6.45, 7) is 0. The van der Waals surface area contributed by atoms with E-state index in [1.807, 2.05) is 0 Å². The molecule has 2 rings (SSSR count). The van der Waals surface area contributed by atoms with Gasteiger partial charge in [0.25, 0.3) is 0 Å². The van der Waals surface area contributed by atoms with Crippen LogP contribution in [0.5, 0.6) is 0 Å². The fourth-order valence-electron chi connectivity index (χ4n) is 0.983. The number of nitro groups is 1. The Morgan fingerprint density at radius 1 is 1.50 bits per heavy atom. The van der Waals surface area contributed by atoms with Gasteiger partial charge < -0.3 is 10.1 Å². The number of rotatable bonds is 1. The third-order valence-electron chi connectivity index (χ3n) is 1.50. The van der Waals surface area contributed by atoms with Crippen molar-refractivity contribution >= 4 is 11.5 Å². The molecule has 2 aromatic heterocycles. The highest BCUT2D eigenvalue weighted by Crippen LogP contribution is 2.11. The molecule has 6 nitrogen and oxygen atoms in total. The van der Waals surface area contributed by atoms with Crippen LogP contribution in [-0.2, 0) is 0 Å². The highest BCUT2D eigenvalue weighted by atomic mass is 16.6. The van der Waals surface area contributed by atoms with Crippen molar-refractivity contribution in [1.82, 2.24) is 14.6 Å². The van der Waals surface area contributed by atoms with E-state index in [0.717, 1.165) is 0 Å². The second-order valence-electron chi connectivity index (χ2n) is 2.20. The molecule has 2 heterocycles. The van der Waals surface area contributed by atoms with Gasteiger partial charge in [0.15, 0.2) is 0 Å². The lowest BCUT2D eigenvalue weighted by atomic mass is 10.4. The van der Waals surface area contributed by atoms with E-state index in [9.17, 15) is 10.1 Å². The smallest absolute Gasteiger partial charge is 0.330 e. The van der Waals surface area contributed by atoms with E-state index in [-0.39, 0.29) is 5.82 Å². The molecule has 0 saturated heterocycles. The van der Waals surface area contributed by atoms with Gasteiger partial charge in [0, 0.05) is 12.1 Å². The normalized spacial score (nSPS) is 10.3. The Kier molecular flexibility index (Phi) is 1.26. The summed E-state index contributed by atoms with van der Waals surface area (Å²) in [5.41, 5.74) is 0.476. The first-order valence-corrected chi connectivity index (χ1v) is 3.22. The van der Waals surface area contributed by atoms with E-state index >= 15 is 0 Å². The Hall–Kier alpha value is -1.98. The fourth-order valence-corrected chi connectivity index (χ4v) is 0.983. The zero-order valence-electron chi connectivity index (χ0n) is 5.91. The molecular formula is C6H4N4O2. The van der Waals surface area contributed by atoms with Crippen LogP contribution in [0.1, 0.15) is 0 Å². The summed E-state index contributed by atoms with van der Waals surface area (Å²) in [7, 11) is 0. The average Bonchev–Trinajstić information content (AvgIpc) is 2.49. The van der Waals surface area contributed by atoms with Gasteiger partial charge in [-0.2, -0.15) is 4.40 Å². The van der Waals surface area contributed by atoms with E-state index < -0.39 is 4.92 Å². The molecule has 0 saturated carbocycles. The molecule has 0 aliphatic heterocycles. The van der Waals surface area contributed by atoms with Crippen LogP contribution in [0.2, 0.25) is 0 Å². The molecule has 2 aromatic rings. The standard InChI is InChI=1S/C6H4N4O2/c11-10(12)6-3-1-2-5-8-7-4-9(5)6/h1-4H. The molecule has 0 amide bonds. The lowest BCUT2D eigenvalue weighted by Gasteiger charge is -1.93. The molecule has 0 radical (unpaired) electrons. The maximum absolute atomic E-state index is 10.4. The van der Waals surface area contributed by atoms with Crippen LogP contribution in [0.25, 0.3) is 5.65 Å². The summed E-state index contributed by atoms with van der Waals surface area (Å²) < 4.78 is 1.32. The molecule has 0 fully saturated rings. The molecule has 60 valence electrons. The molecule has 0 N–H and O–H groups in total. The molecule has 12 heavy (non-hydrogen) atoms. The first-order chi connectivity index (χ1) is 5.79. The Labute approximate surface area is 66.6 Å². The Bertz CT molecular complexity index is 436. The van der Waals surface area contributed by atoms with Crippen molar-refractivity contribution in [3.05, 3.63) is 34.6 Å². The van der Waals surface area contributed by atoms with Gasteiger partial charge in [0.1, 0.15) is 0 Å². The van der Waals surface area contributed by atoms with Crippen LogP contribution in [-0.4, -0.2) is 19.5 Å². The van der Waals surface area contributed by atoms with Crippen molar-refractivity contribution in [2.45, 2.75) is 0 Å². The molecule has 0 aliphatic carbocycles. The number of hydrogen-bond acceptors (Lipinski definition) is 4. The van der Waals surface area contributed by atoms with Gasteiger partial charge in [-0.25, -0.2) is 0 Å². The van der Waals surface area contributed by atoms with Crippen molar-refractivity contribution in [3.8, 4) is 0 Å². The van der Waals surface area contributed by atoms with Crippen molar-refractivity contribution in [2.24, 2.45) is 0 Å². The summed E-state index contributed by atoms with van der Waals surface area (Å²) in [5, 5.41) is 17.7. The summed E-state index contributed by atoms with van der Waals surface area (Å²) in [6, 6.07) is 4.62. The van der Waals surface area contributed by atoms with Crippen LogP contribution < -0.4 is 0 Å². The Balaban J connectivity index is 2.82. The average molecular weight is 164 g/mol. The summed E-state index contributed by atoms with van der Waals surface area (Å²) in [4.78, 5) is 9.97. The van der Waals surface area contributed by atoms with Gasteiger partial charge in [0.05, 0.1) is 0 Å². The van der Waals surface area contributed by atoms with Gasteiger partial charge in [-0.3, -0.25) is 0 Å². The van der Waals surface area contributed by atoms with Crippen LogP contribution in [0.4, 0.5) is 5.82 Å². The summed E-state index contributed by atoms with van der Waals surface area (Å²) >= 11 is 0. The van der Waals surface area contributed by atoms with E-state index in [0.29, 0.717) is 5.65 Å². The van der Waals surface area contributed by atoms with Gasteiger partial charge in [-0.1, -0.05) is 0 Å². The molecule has 0 aromatic carbocycles. The van der Waals surface area contributed by atoms with Gasteiger partial charge >= 0.3 is 5.82 Å². The maximum Gasteiger partial charge on any atom is 0.330 e. The number of pyridine rings is 1. The zero-order valence-corrected chi connectivity index (χ0v) is 5.91. The van der Waals surface area contributed by atoms with E-state index in [4.69, 9.17) is 0 Å². The minimum Gasteiger partial charge on any atom is -0.358 e. The predicted octanol–water partition coefficient (Wildman–Crippen LogP) is 0.637. The Morgan fingerprint density at radius 3 is 3.08 bits per heavy atom. The number of hydrogen-bond donors (Lipinski definition) is 0. The van der Waals surface area contributed by atoms with Crippen LogP contribution >= 0.6 is 0 Å². The molecule has 0 spiro atoms. The molecule has 0 bridgehead atoms. The fraction of sp³-hybridized carbons (Fsp3) is 0. The monoisotopic (exact) mass is 164 g/mol. The first-order valence-electron chi connectivity index (χ1n) is 3.22. The van der Waals surface area contributed by atoms with Crippen LogP contribution in [0, 0.1) is 10.1 Å². The number of nitrogens with zero attached hydrogens (tertiary/aromatic N) is 4. The van der Waals surface area contributed by atoms with Gasteiger partial charge in [-0.15, -0.1) is 10.2 Å².